The lowest BCUT2D eigenvalue weighted by atomic mass is 10.1. The number of benzene rings is 3. The monoisotopic (exact) mass is 664 g/mol. The zero-order valence-electron chi connectivity index (χ0n) is 24.9. The highest BCUT2D eigenvalue weighted by atomic mass is 35.5. The van der Waals surface area contributed by atoms with Gasteiger partial charge in [0.15, 0.2) is 0 Å². The molecule has 1 atom stereocenters. The number of carbonyl (C=O) groups excluding carboxylic acids is 2. The maximum Gasteiger partial charge on any atom is 0.273 e. The van der Waals surface area contributed by atoms with Crippen molar-refractivity contribution in [1.82, 2.24) is 10.2 Å². The highest BCUT2D eigenvalue weighted by Gasteiger charge is 2.36. The molecule has 3 aromatic carbocycles. The van der Waals surface area contributed by atoms with Crippen LogP contribution in [0.4, 0.5) is 11.4 Å². The minimum absolute atomic E-state index is 0.0750. The van der Waals surface area contributed by atoms with E-state index in [9.17, 15) is 28.1 Å². The summed E-state index contributed by atoms with van der Waals surface area (Å²) in [4.78, 5) is 39.3. The van der Waals surface area contributed by atoms with E-state index in [1.165, 1.54) is 49.3 Å². The van der Waals surface area contributed by atoms with Gasteiger partial charge in [-0.15, -0.1) is 0 Å². The number of nitrogens with one attached hydrogen (secondary N) is 1. The molecule has 0 fully saturated rings. The van der Waals surface area contributed by atoms with Gasteiger partial charge < -0.3 is 15.0 Å². The summed E-state index contributed by atoms with van der Waals surface area (Å²) in [6.07, 6.45) is 0.214. The van der Waals surface area contributed by atoms with Gasteiger partial charge in [-0.2, -0.15) is 0 Å². The van der Waals surface area contributed by atoms with Crippen LogP contribution in [0.5, 0.6) is 5.75 Å². The lowest BCUT2D eigenvalue weighted by Gasteiger charge is -2.34. The van der Waals surface area contributed by atoms with Gasteiger partial charge in [0.2, 0.25) is 11.8 Å². The smallest absolute Gasteiger partial charge is 0.273 e. The molecule has 0 bridgehead atoms. The van der Waals surface area contributed by atoms with Gasteiger partial charge in [0.25, 0.3) is 15.7 Å². The van der Waals surface area contributed by atoms with Crippen LogP contribution in [0, 0.1) is 17.0 Å². The minimum atomic E-state index is -4.64. The first-order valence-electron chi connectivity index (χ1n) is 13.7. The van der Waals surface area contributed by atoms with Crippen molar-refractivity contribution in [1.29, 1.82) is 0 Å². The first-order valence-corrected chi connectivity index (χ1v) is 15.8. The summed E-state index contributed by atoms with van der Waals surface area (Å²) >= 11 is 12.7. The van der Waals surface area contributed by atoms with Gasteiger partial charge in [-0.05, 0) is 63.1 Å². The molecule has 0 aliphatic carbocycles. The summed E-state index contributed by atoms with van der Waals surface area (Å²) in [5.41, 5.74) is 0.313. The van der Waals surface area contributed by atoms with Crippen LogP contribution in [0.25, 0.3) is 0 Å². The number of nitro groups is 1. The zero-order valence-corrected chi connectivity index (χ0v) is 27.2. The fraction of sp³-hybridized carbons (Fsp3) is 0.333. The number of hydrogen-bond acceptors (Lipinski definition) is 7. The molecular weight excluding hydrogens is 631 g/mol. The molecule has 0 aromatic heterocycles. The number of aryl methyl sites for hydroxylation is 1. The van der Waals surface area contributed by atoms with E-state index in [0.717, 1.165) is 10.4 Å². The molecule has 236 valence electrons. The predicted molar refractivity (Wildman–Crippen MR) is 170 cm³/mol. The molecule has 0 heterocycles. The summed E-state index contributed by atoms with van der Waals surface area (Å²) in [5.74, 6) is -1.08. The normalized spacial score (nSPS) is 12.0. The molecule has 0 spiro atoms. The average Bonchev–Trinajstić information content (AvgIpc) is 2.96. The summed E-state index contributed by atoms with van der Waals surface area (Å²) in [7, 11) is -3.32. The lowest BCUT2D eigenvalue weighted by Crippen LogP contribution is -2.53. The molecule has 11 nitrogen and oxygen atoms in total. The highest BCUT2D eigenvalue weighted by molar-refractivity contribution is 7.92. The number of nitro benzene ring substituents is 1. The predicted octanol–water partition coefficient (Wildman–Crippen LogP) is 5.75. The van der Waals surface area contributed by atoms with Gasteiger partial charge in [0.05, 0.1) is 22.6 Å². The Morgan fingerprint density at radius 3 is 2.34 bits per heavy atom. The summed E-state index contributed by atoms with van der Waals surface area (Å²) in [5, 5.41) is 15.0. The van der Waals surface area contributed by atoms with E-state index in [-0.39, 0.29) is 41.0 Å². The molecule has 2 amide bonds. The Bertz CT molecular complexity index is 1650. The summed E-state index contributed by atoms with van der Waals surface area (Å²) in [6, 6.07) is 13.3. The van der Waals surface area contributed by atoms with Crippen LogP contribution in [0.2, 0.25) is 10.0 Å². The second-order valence-corrected chi connectivity index (χ2v) is 12.9. The Balaban J connectivity index is 2.20. The Morgan fingerprint density at radius 2 is 1.75 bits per heavy atom. The molecule has 3 rings (SSSR count). The van der Waals surface area contributed by atoms with E-state index in [2.05, 4.69) is 5.32 Å². The van der Waals surface area contributed by atoms with Gasteiger partial charge in [-0.25, -0.2) is 8.42 Å². The van der Waals surface area contributed by atoms with Crippen LogP contribution in [-0.4, -0.2) is 55.8 Å². The van der Waals surface area contributed by atoms with E-state index in [4.69, 9.17) is 27.9 Å². The Labute approximate surface area is 266 Å². The lowest BCUT2D eigenvalue weighted by molar-refractivity contribution is -0.385. The number of carbonyl (C=O) groups is 2. The van der Waals surface area contributed by atoms with E-state index in [1.807, 2.05) is 0 Å². The molecule has 3 aromatic rings. The minimum Gasteiger partial charge on any atom is -0.495 e. The first kappa shape index (κ1) is 34.6. The van der Waals surface area contributed by atoms with Crippen LogP contribution in [0.15, 0.2) is 65.6 Å². The Hall–Kier alpha value is -3.87. The molecule has 0 aliphatic rings. The number of hydrogen-bond donors (Lipinski definition) is 1. The van der Waals surface area contributed by atoms with Gasteiger partial charge >= 0.3 is 0 Å². The van der Waals surface area contributed by atoms with Gasteiger partial charge in [-0.3, -0.25) is 24.0 Å². The Morgan fingerprint density at radius 1 is 1.07 bits per heavy atom. The molecular formula is C30H34Cl2N4O7S. The number of methoxy groups -OCH3 is 1. The van der Waals surface area contributed by atoms with Crippen molar-refractivity contribution in [2.24, 2.45) is 0 Å². The van der Waals surface area contributed by atoms with Crippen LogP contribution >= 0.6 is 23.2 Å². The fourth-order valence-electron chi connectivity index (χ4n) is 4.56. The third-order valence-corrected chi connectivity index (χ3v) is 9.13. The first-order chi connectivity index (χ1) is 20.7. The second-order valence-electron chi connectivity index (χ2n) is 10.2. The quantitative estimate of drug-likeness (QED) is 0.181. The number of halogens is 2. The topological polar surface area (TPSA) is 139 Å². The third-order valence-electron chi connectivity index (χ3n) is 6.77. The van der Waals surface area contributed by atoms with Crippen molar-refractivity contribution >= 4 is 56.4 Å². The Kier molecular flexibility index (Phi) is 11.6. The van der Waals surface area contributed by atoms with Crippen LogP contribution in [0.3, 0.4) is 0 Å². The standard InChI is InChI=1S/C30H34Cl2N4O7S/c1-6-25(30(38)33-19(2)3)34(17-21-9-7-8-10-24(21)32)29(37)18-35(27-15-22(31)12-14-28(27)43-5)44(41,42)23-13-11-20(4)26(16-23)36(39)40/h7-16,19,25H,6,17-18H2,1-5H3,(H,33,38)/t25-/m1/s1. The molecule has 44 heavy (non-hydrogen) atoms. The summed E-state index contributed by atoms with van der Waals surface area (Å²) in [6.45, 7) is 5.89. The number of anilines is 1. The number of amides is 2. The maximum absolute atomic E-state index is 14.2. The van der Waals surface area contributed by atoms with Crippen molar-refractivity contribution in [3.63, 3.8) is 0 Å². The summed E-state index contributed by atoms with van der Waals surface area (Å²) < 4.78 is 34.6. The second kappa shape index (κ2) is 14.7. The fourth-order valence-corrected chi connectivity index (χ4v) is 6.35. The van der Waals surface area contributed by atoms with Gasteiger partial charge in [0.1, 0.15) is 18.3 Å². The number of sulfonamides is 1. The molecule has 1 N–H and O–H groups in total. The highest BCUT2D eigenvalue weighted by Crippen LogP contribution is 2.36. The van der Waals surface area contributed by atoms with Crippen molar-refractivity contribution < 1.29 is 27.7 Å². The van der Waals surface area contributed by atoms with Crippen LogP contribution in [0.1, 0.15) is 38.3 Å². The average molecular weight is 666 g/mol. The SMILES string of the molecule is CC[C@H](C(=O)NC(C)C)N(Cc1ccccc1Cl)C(=O)CN(c1cc(Cl)ccc1OC)S(=O)(=O)c1ccc(C)c([N+](=O)[O-])c1. The third kappa shape index (κ3) is 7.99. The van der Waals surface area contributed by atoms with E-state index < -0.39 is 49.9 Å². The van der Waals surface area contributed by atoms with Crippen LogP contribution < -0.4 is 14.4 Å². The van der Waals surface area contributed by atoms with E-state index >= 15 is 0 Å². The van der Waals surface area contributed by atoms with Gasteiger partial charge in [-0.1, -0.05) is 54.4 Å². The van der Waals surface area contributed by atoms with E-state index in [1.54, 1.807) is 45.0 Å². The van der Waals surface area contributed by atoms with E-state index in [0.29, 0.717) is 10.6 Å². The largest absolute Gasteiger partial charge is 0.495 e. The number of ether oxygens (including phenoxy) is 1. The molecule has 0 saturated heterocycles. The maximum atomic E-state index is 14.2. The number of rotatable bonds is 13. The van der Waals surface area contributed by atoms with Crippen molar-refractivity contribution in [2.45, 2.75) is 57.6 Å². The molecule has 0 aliphatic heterocycles. The molecule has 14 heteroatoms. The molecule has 0 radical (unpaired) electrons. The number of nitrogens with zero attached hydrogens (tertiary/aromatic N) is 3. The van der Waals surface area contributed by atoms with Crippen molar-refractivity contribution in [3.8, 4) is 5.75 Å². The zero-order chi connectivity index (χ0) is 32.8. The van der Waals surface area contributed by atoms with Crippen molar-refractivity contribution in [2.75, 3.05) is 18.0 Å². The van der Waals surface area contributed by atoms with Crippen molar-refractivity contribution in [3.05, 3.63) is 92.0 Å². The molecule has 0 unspecified atom stereocenters. The van der Waals surface area contributed by atoms with Crippen LogP contribution in [-0.2, 0) is 26.2 Å². The molecule has 0 saturated carbocycles. The van der Waals surface area contributed by atoms with Gasteiger partial charge in [0, 0.05) is 34.3 Å².